The molecule has 38 heavy (non-hydrogen) atoms. The number of benzene rings is 3. The number of nitrogens with one attached hydrogen (secondary N) is 2. The van der Waals surface area contributed by atoms with Crippen LogP contribution in [-0.4, -0.2) is 39.8 Å². The average molecular weight is 509 g/mol. The summed E-state index contributed by atoms with van der Waals surface area (Å²) in [5, 5.41) is 32.6. The number of nitriles is 1. The highest BCUT2D eigenvalue weighted by Gasteiger charge is 2.22. The van der Waals surface area contributed by atoms with Crippen LogP contribution in [0.25, 0.3) is 39.0 Å². The third kappa shape index (κ3) is 3.93. The molecule has 0 atom stereocenters. The lowest BCUT2D eigenvalue weighted by molar-refractivity contribution is 0.0774. The minimum atomic E-state index is -1.18. The predicted octanol–water partition coefficient (Wildman–Crippen LogP) is 3.74. The number of aliphatic hydroxyl groups is 1. The summed E-state index contributed by atoms with van der Waals surface area (Å²) < 4.78 is 18.4. The molecular formula is C27H21FN8O2. The Balaban J connectivity index is 1.44. The molecule has 11 heteroatoms. The number of H-pyrrole nitrogens is 2. The molecule has 0 aliphatic carbocycles. The first kappa shape index (κ1) is 23.3. The van der Waals surface area contributed by atoms with Crippen molar-refractivity contribution in [1.82, 2.24) is 34.7 Å². The molecule has 0 spiro atoms. The second-order valence-corrected chi connectivity index (χ2v) is 9.55. The molecule has 0 aliphatic heterocycles. The second-order valence-electron chi connectivity index (χ2n) is 9.55. The number of hydrogen-bond donors (Lipinski definition) is 3. The largest absolute Gasteiger partial charge is 0.386 e. The van der Waals surface area contributed by atoms with Gasteiger partial charge in [-0.05, 0) is 73.5 Å². The summed E-state index contributed by atoms with van der Waals surface area (Å²) in [5.74, 6) is -0.539. The van der Waals surface area contributed by atoms with Crippen LogP contribution < -0.4 is 5.69 Å². The molecule has 0 saturated heterocycles. The van der Waals surface area contributed by atoms with E-state index in [2.05, 4.69) is 31.4 Å². The smallest absolute Gasteiger partial charge is 0.323 e. The number of imidazole rings is 1. The first-order valence-electron chi connectivity index (χ1n) is 11.8. The molecule has 3 N–H and O–H groups in total. The van der Waals surface area contributed by atoms with E-state index >= 15 is 4.39 Å². The molecule has 0 radical (unpaired) electrons. The standard InChI is InChI=1S/C27H21FN8O2/c1-27(2,38)19-9-15(13-29)3-4-16(19)14-35-23(7-8-30-35)17-10-20(28)25-24(11-17)36(34-33-25)18-5-6-21-22(12-18)32-26(37)31-21/h3-12,38H,14H2,1-2H3,(H2,31,32,37). The number of aromatic nitrogens is 7. The third-order valence-corrected chi connectivity index (χ3v) is 6.48. The molecule has 0 bridgehead atoms. The van der Waals surface area contributed by atoms with Crippen LogP contribution >= 0.6 is 0 Å². The number of fused-ring (bicyclic) bond motifs is 2. The lowest BCUT2D eigenvalue weighted by atomic mass is 9.91. The molecule has 0 unspecified atom stereocenters. The Hall–Kier alpha value is -5.08. The van der Waals surface area contributed by atoms with E-state index in [1.165, 1.54) is 10.7 Å². The number of rotatable bonds is 5. The summed E-state index contributed by atoms with van der Waals surface area (Å²) >= 11 is 0. The van der Waals surface area contributed by atoms with Crippen molar-refractivity contribution in [3.8, 4) is 23.0 Å². The van der Waals surface area contributed by atoms with E-state index in [0.29, 0.717) is 51.2 Å². The quantitative estimate of drug-likeness (QED) is 0.324. The Morgan fingerprint density at radius 1 is 1.08 bits per heavy atom. The van der Waals surface area contributed by atoms with Gasteiger partial charge in [0.25, 0.3) is 0 Å². The lowest BCUT2D eigenvalue weighted by Gasteiger charge is -2.22. The average Bonchev–Trinajstić information content (AvgIpc) is 3.60. The molecule has 3 heterocycles. The Morgan fingerprint density at radius 2 is 1.89 bits per heavy atom. The van der Waals surface area contributed by atoms with Gasteiger partial charge in [0.1, 0.15) is 5.52 Å². The fraction of sp³-hybridized carbons (Fsp3) is 0.148. The predicted molar refractivity (Wildman–Crippen MR) is 138 cm³/mol. The molecule has 3 aromatic carbocycles. The number of halogens is 1. The Morgan fingerprint density at radius 3 is 2.68 bits per heavy atom. The summed E-state index contributed by atoms with van der Waals surface area (Å²) in [7, 11) is 0. The molecule has 0 aliphatic rings. The normalized spacial score (nSPS) is 11.9. The number of nitrogens with zero attached hydrogens (tertiary/aromatic N) is 6. The molecule has 3 aromatic heterocycles. The van der Waals surface area contributed by atoms with Crippen LogP contribution in [0.5, 0.6) is 0 Å². The van der Waals surface area contributed by atoms with Crippen LogP contribution in [-0.2, 0) is 12.1 Å². The van der Waals surface area contributed by atoms with Crippen molar-refractivity contribution in [2.75, 3.05) is 0 Å². The lowest BCUT2D eigenvalue weighted by Crippen LogP contribution is -2.20. The van der Waals surface area contributed by atoms with Crippen LogP contribution in [0.4, 0.5) is 4.39 Å². The molecule has 6 aromatic rings. The van der Waals surface area contributed by atoms with Crippen LogP contribution in [0.2, 0.25) is 0 Å². The molecule has 10 nitrogen and oxygen atoms in total. The maximum atomic E-state index is 15.2. The van der Waals surface area contributed by atoms with E-state index in [1.54, 1.807) is 73.3 Å². The molecule has 0 amide bonds. The zero-order valence-corrected chi connectivity index (χ0v) is 20.4. The van der Waals surface area contributed by atoms with Gasteiger partial charge >= 0.3 is 5.69 Å². The molecule has 0 saturated carbocycles. The van der Waals surface area contributed by atoms with Gasteiger partial charge in [-0.15, -0.1) is 5.10 Å². The minimum Gasteiger partial charge on any atom is -0.386 e. The molecule has 0 fully saturated rings. The molecule has 188 valence electrons. The SMILES string of the molecule is CC(C)(O)c1cc(C#N)ccc1Cn1nccc1-c1cc(F)c2nnn(-c3ccc4[nH]c(=O)[nH]c4c3)c2c1. The van der Waals surface area contributed by atoms with Gasteiger partial charge < -0.3 is 15.1 Å². The van der Waals surface area contributed by atoms with Crippen molar-refractivity contribution in [3.05, 3.63) is 93.8 Å². The second kappa shape index (κ2) is 8.50. The highest BCUT2D eigenvalue weighted by Crippen LogP contribution is 2.30. The Labute approximate surface area is 214 Å². The van der Waals surface area contributed by atoms with Gasteiger partial charge in [-0.25, -0.2) is 13.9 Å². The van der Waals surface area contributed by atoms with Crippen LogP contribution in [0.15, 0.2) is 65.6 Å². The summed E-state index contributed by atoms with van der Waals surface area (Å²) in [5.41, 5.74) is 3.95. The van der Waals surface area contributed by atoms with Crippen molar-refractivity contribution < 1.29 is 9.50 Å². The van der Waals surface area contributed by atoms with Crippen molar-refractivity contribution in [2.45, 2.75) is 26.0 Å². The highest BCUT2D eigenvalue weighted by molar-refractivity contribution is 5.84. The summed E-state index contributed by atoms with van der Waals surface area (Å²) in [4.78, 5) is 17.1. The maximum absolute atomic E-state index is 15.2. The van der Waals surface area contributed by atoms with Crippen LogP contribution in [0, 0.1) is 17.1 Å². The molecule has 6 rings (SSSR count). The van der Waals surface area contributed by atoms with Gasteiger partial charge in [-0.3, -0.25) is 4.68 Å². The van der Waals surface area contributed by atoms with Crippen molar-refractivity contribution in [3.63, 3.8) is 0 Å². The van der Waals surface area contributed by atoms with E-state index in [4.69, 9.17) is 0 Å². The third-order valence-electron chi connectivity index (χ3n) is 6.48. The summed E-state index contributed by atoms with van der Waals surface area (Å²) in [6, 6.07) is 17.4. The topological polar surface area (TPSA) is 141 Å². The fourth-order valence-electron chi connectivity index (χ4n) is 4.69. The number of hydrogen-bond acceptors (Lipinski definition) is 6. The van der Waals surface area contributed by atoms with E-state index in [9.17, 15) is 15.2 Å². The van der Waals surface area contributed by atoms with Crippen molar-refractivity contribution >= 4 is 22.1 Å². The van der Waals surface area contributed by atoms with E-state index in [0.717, 1.165) is 5.56 Å². The highest BCUT2D eigenvalue weighted by atomic mass is 19.1. The van der Waals surface area contributed by atoms with Crippen molar-refractivity contribution in [1.29, 1.82) is 5.26 Å². The molecular weight excluding hydrogens is 487 g/mol. The summed E-state index contributed by atoms with van der Waals surface area (Å²) in [6.45, 7) is 3.62. The fourth-order valence-corrected chi connectivity index (χ4v) is 4.69. The van der Waals surface area contributed by atoms with Gasteiger partial charge in [0.2, 0.25) is 0 Å². The van der Waals surface area contributed by atoms with Gasteiger partial charge in [-0.1, -0.05) is 11.3 Å². The van der Waals surface area contributed by atoms with Crippen LogP contribution in [0.1, 0.15) is 30.5 Å². The first-order valence-corrected chi connectivity index (χ1v) is 11.8. The number of aromatic amines is 2. The van der Waals surface area contributed by atoms with E-state index in [-0.39, 0.29) is 11.2 Å². The van der Waals surface area contributed by atoms with Crippen LogP contribution in [0.3, 0.4) is 0 Å². The van der Waals surface area contributed by atoms with Gasteiger partial charge in [-0.2, -0.15) is 10.4 Å². The van der Waals surface area contributed by atoms with Gasteiger partial charge in [0.15, 0.2) is 5.82 Å². The zero-order valence-electron chi connectivity index (χ0n) is 20.4. The Kier molecular flexibility index (Phi) is 5.22. The van der Waals surface area contributed by atoms with E-state index < -0.39 is 11.4 Å². The summed E-state index contributed by atoms with van der Waals surface area (Å²) in [6.07, 6.45) is 1.62. The Bertz CT molecular complexity index is 1950. The van der Waals surface area contributed by atoms with Crippen molar-refractivity contribution in [2.24, 2.45) is 0 Å². The zero-order chi connectivity index (χ0) is 26.6. The van der Waals surface area contributed by atoms with Gasteiger partial charge in [0.05, 0.1) is 51.7 Å². The van der Waals surface area contributed by atoms with Gasteiger partial charge in [0, 0.05) is 11.8 Å². The van der Waals surface area contributed by atoms with E-state index in [1.807, 2.05) is 0 Å². The maximum Gasteiger partial charge on any atom is 0.323 e. The first-order chi connectivity index (χ1) is 18.2. The monoisotopic (exact) mass is 508 g/mol. The minimum absolute atomic E-state index is 0.110.